The Labute approximate surface area is 146 Å². The van der Waals surface area contributed by atoms with Gasteiger partial charge in [-0.2, -0.15) is 0 Å². The van der Waals surface area contributed by atoms with Gasteiger partial charge in [-0.1, -0.05) is 18.5 Å². The molecule has 3 unspecified atom stereocenters. The molecule has 3 aliphatic heterocycles. The summed E-state index contributed by atoms with van der Waals surface area (Å²) in [5.74, 6) is 0.712. The van der Waals surface area contributed by atoms with Crippen molar-refractivity contribution in [1.82, 2.24) is 4.90 Å². The van der Waals surface area contributed by atoms with Gasteiger partial charge in [-0.05, 0) is 49.8 Å². The minimum Gasteiger partial charge on any atom is -0.365 e. The molecule has 1 aromatic carbocycles. The Kier molecular flexibility index (Phi) is 4.07. The smallest absolute Gasteiger partial charge is 0.322 e. The molecule has 2 amide bonds. The van der Waals surface area contributed by atoms with E-state index in [1.807, 2.05) is 21.9 Å². The summed E-state index contributed by atoms with van der Waals surface area (Å²) in [6.07, 6.45) is 4.18. The van der Waals surface area contributed by atoms with E-state index in [0.29, 0.717) is 23.0 Å². The molecule has 4 aliphatic rings. The van der Waals surface area contributed by atoms with Crippen molar-refractivity contribution in [2.75, 3.05) is 23.4 Å². The van der Waals surface area contributed by atoms with Crippen LogP contribution in [0.5, 0.6) is 0 Å². The number of anilines is 2. The highest BCUT2D eigenvalue weighted by Gasteiger charge is 2.46. The molecule has 6 heteroatoms. The van der Waals surface area contributed by atoms with Crippen LogP contribution in [-0.4, -0.2) is 42.3 Å². The number of alkyl halides is 1. The minimum atomic E-state index is -0.373. The topological polar surface area (TPSA) is 35.6 Å². The molecule has 130 valence electrons. The van der Waals surface area contributed by atoms with Gasteiger partial charge in [-0.25, -0.2) is 9.18 Å². The van der Waals surface area contributed by atoms with Gasteiger partial charge in [0.05, 0.1) is 16.8 Å². The molecule has 0 aromatic heterocycles. The van der Waals surface area contributed by atoms with Crippen molar-refractivity contribution >= 4 is 29.0 Å². The number of halogens is 2. The van der Waals surface area contributed by atoms with Gasteiger partial charge < -0.3 is 15.1 Å². The van der Waals surface area contributed by atoms with Crippen molar-refractivity contribution in [1.29, 1.82) is 0 Å². The van der Waals surface area contributed by atoms with Crippen LogP contribution >= 0.6 is 11.6 Å². The first-order valence-corrected chi connectivity index (χ1v) is 9.16. The van der Waals surface area contributed by atoms with Gasteiger partial charge in [0.2, 0.25) is 0 Å². The summed E-state index contributed by atoms with van der Waals surface area (Å²) in [6, 6.07) is 6.10. The van der Waals surface area contributed by atoms with E-state index in [1.54, 1.807) is 6.07 Å². The molecule has 3 atom stereocenters. The molecule has 1 aliphatic carbocycles. The van der Waals surface area contributed by atoms with Crippen LogP contribution in [-0.2, 0) is 0 Å². The molecule has 1 aromatic rings. The number of urea groups is 1. The third-order valence-electron chi connectivity index (χ3n) is 5.74. The molecule has 0 radical (unpaired) electrons. The summed E-state index contributed by atoms with van der Waals surface area (Å²) in [6.45, 7) is 2.69. The Bertz CT molecular complexity index is 641. The highest BCUT2D eigenvalue weighted by Crippen LogP contribution is 2.41. The molecule has 0 spiro atoms. The standard InChI is InChI=1S/C18H23ClFN3O/c1-11-6-14-9-15(7-11)23(14)18(24)21-12-2-3-16(19)17(8-12)22-5-4-13(22)10-20/h2-3,8,11,13-15H,4-7,9-10H2,1H3,(H,21,24). The zero-order chi connectivity index (χ0) is 16.8. The number of rotatable bonds is 3. The number of carbonyl (C=O) groups excluding carboxylic acids is 1. The highest BCUT2D eigenvalue weighted by atomic mass is 35.5. The van der Waals surface area contributed by atoms with Gasteiger partial charge in [0.25, 0.3) is 0 Å². The molecule has 3 saturated heterocycles. The van der Waals surface area contributed by atoms with E-state index >= 15 is 0 Å². The van der Waals surface area contributed by atoms with Crippen LogP contribution in [0.25, 0.3) is 0 Å². The summed E-state index contributed by atoms with van der Waals surface area (Å²) in [4.78, 5) is 16.6. The number of fused-ring (bicyclic) bond motifs is 2. The Balaban J connectivity index is 1.46. The lowest BCUT2D eigenvalue weighted by molar-refractivity contribution is -0.00600. The van der Waals surface area contributed by atoms with Gasteiger partial charge in [0.15, 0.2) is 0 Å². The fourth-order valence-electron chi connectivity index (χ4n) is 4.39. The fourth-order valence-corrected chi connectivity index (χ4v) is 4.62. The third-order valence-corrected chi connectivity index (χ3v) is 6.06. The lowest BCUT2D eigenvalue weighted by Crippen LogP contribution is -2.63. The van der Waals surface area contributed by atoms with Gasteiger partial charge in [-0.15, -0.1) is 0 Å². The molecular weight excluding hydrogens is 329 g/mol. The minimum absolute atomic E-state index is 0.0259. The fraction of sp³-hybridized carbons (Fsp3) is 0.611. The first kappa shape index (κ1) is 16.0. The van der Waals surface area contributed by atoms with E-state index in [9.17, 15) is 9.18 Å². The molecular formula is C18H23ClFN3O. The molecule has 4 nitrogen and oxygen atoms in total. The number of carbonyl (C=O) groups is 1. The van der Waals surface area contributed by atoms with Crippen molar-refractivity contribution in [3.05, 3.63) is 23.2 Å². The van der Waals surface area contributed by atoms with Crippen molar-refractivity contribution in [3.63, 3.8) is 0 Å². The largest absolute Gasteiger partial charge is 0.365 e. The normalized spacial score (nSPS) is 31.3. The number of nitrogens with one attached hydrogen (secondary N) is 1. The summed E-state index contributed by atoms with van der Waals surface area (Å²) >= 11 is 6.27. The van der Waals surface area contributed by atoms with Crippen LogP contribution in [0.1, 0.15) is 32.6 Å². The average Bonchev–Trinajstić information content (AvgIpc) is 2.49. The number of piperidine rings is 1. The lowest BCUT2D eigenvalue weighted by atomic mass is 9.74. The molecule has 3 heterocycles. The van der Waals surface area contributed by atoms with Gasteiger partial charge >= 0.3 is 6.03 Å². The molecule has 1 N–H and O–H groups in total. The van der Waals surface area contributed by atoms with E-state index in [2.05, 4.69) is 12.2 Å². The van der Waals surface area contributed by atoms with Crippen molar-refractivity contribution < 1.29 is 9.18 Å². The first-order chi connectivity index (χ1) is 11.6. The van der Waals surface area contributed by atoms with Crippen LogP contribution in [0.4, 0.5) is 20.6 Å². The number of hydrogen-bond acceptors (Lipinski definition) is 2. The zero-order valence-corrected chi connectivity index (χ0v) is 14.6. The predicted octanol–water partition coefficient (Wildman–Crippen LogP) is 4.29. The first-order valence-electron chi connectivity index (χ1n) is 8.78. The zero-order valence-electron chi connectivity index (χ0n) is 13.8. The second-order valence-corrected chi connectivity index (χ2v) is 7.82. The molecule has 4 fully saturated rings. The molecule has 2 bridgehead atoms. The van der Waals surface area contributed by atoms with E-state index in [4.69, 9.17) is 11.6 Å². The second-order valence-electron chi connectivity index (χ2n) is 7.41. The Morgan fingerprint density at radius 3 is 2.71 bits per heavy atom. The summed E-state index contributed by atoms with van der Waals surface area (Å²) < 4.78 is 13.0. The number of amides is 2. The maximum atomic E-state index is 13.0. The maximum Gasteiger partial charge on any atom is 0.322 e. The quantitative estimate of drug-likeness (QED) is 0.881. The van der Waals surface area contributed by atoms with Crippen LogP contribution in [0.15, 0.2) is 18.2 Å². The number of hydrogen-bond donors (Lipinski definition) is 1. The molecule has 5 rings (SSSR count). The van der Waals surface area contributed by atoms with E-state index in [0.717, 1.165) is 43.6 Å². The maximum absolute atomic E-state index is 13.0. The summed E-state index contributed by atoms with van der Waals surface area (Å²) in [5.41, 5.74) is 1.53. The van der Waals surface area contributed by atoms with Crippen molar-refractivity contribution in [2.24, 2.45) is 5.92 Å². The summed E-state index contributed by atoms with van der Waals surface area (Å²) in [7, 11) is 0. The highest BCUT2D eigenvalue weighted by molar-refractivity contribution is 6.33. The Hall–Kier alpha value is -1.49. The van der Waals surface area contributed by atoms with E-state index in [-0.39, 0.29) is 18.7 Å². The molecule has 24 heavy (non-hydrogen) atoms. The Morgan fingerprint density at radius 1 is 1.33 bits per heavy atom. The van der Waals surface area contributed by atoms with Gasteiger partial charge in [0, 0.05) is 24.3 Å². The van der Waals surface area contributed by atoms with Crippen molar-refractivity contribution in [3.8, 4) is 0 Å². The SMILES string of the molecule is CC1CC2CC(C1)N2C(=O)Nc1ccc(Cl)c(N2CCC2CF)c1. The number of benzene rings is 1. The van der Waals surface area contributed by atoms with Gasteiger partial charge in [-0.3, -0.25) is 0 Å². The predicted molar refractivity (Wildman–Crippen MR) is 94.6 cm³/mol. The molecule has 1 saturated carbocycles. The second kappa shape index (κ2) is 6.10. The van der Waals surface area contributed by atoms with E-state index < -0.39 is 0 Å². The lowest BCUT2D eigenvalue weighted by Gasteiger charge is -2.54. The van der Waals surface area contributed by atoms with Crippen LogP contribution in [0.2, 0.25) is 5.02 Å². The Morgan fingerprint density at radius 2 is 2.08 bits per heavy atom. The van der Waals surface area contributed by atoms with Crippen LogP contribution in [0, 0.1) is 5.92 Å². The summed E-state index contributed by atoms with van der Waals surface area (Å²) in [5, 5.41) is 3.60. The number of nitrogens with zero attached hydrogens (tertiary/aromatic N) is 2. The monoisotopic (exact) mass is 351 g/mol. The third kappa shape index (κ3) is 2.63. The van der Waals surface area contributed by atoms with Crippen LogP contribution in [0.3, 0.4) is 0 Å². The van der Waals surface area contributed by atoms with Crippen LogP contribution < -0.4 is 10.2 Å². The van der Waals surface area contributed by atoms with Gasteiger partial charge in [0.1, 0.15) is 6.67 Å². The van der Waals surface area contributed by atoms with Crippen molar-refractivity contribution in [2.45, 2.75) is 50.7 Å². The average molecular weight is 352 g/mol. The van der Waals surface area contributed by atoms with E-state index in [1.165, 1.54) is 0 Å².